The number of rotatable bonds is 2. The number of benzene rings is 2. The van der Waals surface area contributed by atoms with E-state index in [4.69, 9.17) is 0 Å². The van der Waals surface area contributed by atoms with Gasteiger partial charge in [0.1, 0.15) is 0 Å². The predicted octanol–water partition coefficient (Wildman–Crippen LogP) is 4.29. The number of aromatic amines is 1. The van der Waals surface area contributed by atoms with Crippen LogP contribution in [-0.2, 0) is 0 Å². The van der Waals surface area contributed by atoms with Gasteiger partial charge in [0.2, 0.25) is 0 Å². The fraction of sp³-hybridized carbons (Fsp3) is 0. The molecule has 3 heteroatoms. The normalized spacial score (nSPS) is 10.9. The van der Waals surface area contributed by atoms with Crippen LogP contribution in [0.1, 0.15) is 0 Å². The van der Waals surface area contributed by atoms with Gasteiger partial charge in [-0.05, 0) is 23.8 Å². The van der Waals surface area contributed by atoms with Gasteiger partial charge in [0, 0.05) is 22.7 Å². The minimum atomic E-state index is 0.883. The summed E-state index contributed by atoms with van der Waals surface area (Å²) in [6.45, 7) is 0. The number of hydrogen-bond donors (Lipinski definition) is 1. The topological polar surface area (TPSA) is 41.6 Å². The number of fused-ring (bicyclic) bond motifs is 1. The van der Waals surface area contributed by atoms with Crippen molar-refractivity contribution >= 4 is 10.9 Å². The molecule has 0 atom stereocenters. The lowest BCUT2D eigenvalue weighted by Gasteiger charge is -2.04. The van der Waals surface area contributed by atoms with E-state index in [0.717, 1.165) is 33.4 Å². The van der Waals surface area contributed by atoms with Crippen molar-refractivity contribution in [3.05, 3.63) is 72.9 Å². The third-order valence-corrected chi connectivity index (χ3v) is 3.60. The molecule has 0 amide bonds. The van der Waals surface area contributed by atoms with Gasteiger partial charge in [-0.1, -0.05) is 48.5 Å². The second kappa shape index (κ2) is 4.87. The number of aromatic nitrogens is 3. The molecule has 1 N–H and O–H groups in total. The van der Waals surface area contributed by atoms with Crippen LogP contribution in [0.2, 0.25) is 0 Å². The summed E-state index contributed by atoms with van der Waals surface area (Å²) in [5.41, 5.74) is 5.32. The van der Waals surface area contributed by atoms with Gasteiger partial charge in [0.15, 0.2) is 0 Å². The Hall–Kier alpha value is -2.94. The van der Waals surface area contributed by atoms with Crippen molar-refractivity contribution in [1.29, 1.82) is 0 Å². The maximum absolute atomic E-state index is 4.29. The van der Waals surface area contributed by atoms with Gasteiger partial charge >= 0.3 is 0 Å². The van der Waals surface area contributed by atoms with Crippen LogP contribution in [0.3, 0.4) is 0 Å². The summed E-state index contributed by atoms with van der Waals surface area (Å²) in [5, 5.41) is 9.47. The molecule has 0 aliphatic carbocycles. The lowest BCUT2D eigenvalue weighted by molar-refractivity contribution is 1.04. The minimum absolute atomic E-state index is 0.883. The average Bonchev–Trinajstić information content (AvgIpc) is 2.96. The highest BCUT2D eigenvalue weighted by molar-refractivity contribution is 6.02. The first-order chi connectivity index (χ1) is 10.4. The van der Waals surface area contributed by atoms with Gasteiger partial charge in [-0.15, -0.1) is 0 Å². The molecule has 0 radical (unpaired) electrons. The summed E-state index contributed by atoms with van der Waals surface area (Å²) < 4.78 is 0. The van der Waals surface area contributed by atoms with E-state index >= 15 is 0 Å². The summed E-state index contributed by atoms with van der Waals surface area (Å²) in [6, 6.07) is 22.5. The van der Waals surface area contributed by atoms with Gasteiger partial charge in [-0.3, -0.25) is 0 Å². The van der Waals surface area contributed by atoms with Crippen molar-refractivity contribution in [2.24, 2.45) is 0 Å². The van der Waals surface area contributed by atoms with Crippen molar-refractivity contribution in [3.63, 3.8) is 0 Å². The average molecular weight is 271 g/mol. The molecular formula is C18H13N3. The molecule has 2 aromatic heterocycles. The number of nitrogens with zero attached hydrogens (tertiary/aromatic N) is 2. The largest absolute Gasteiger partial charge is 0.354 e. The number of hydrogen-bond acceptors (Lipinski definition) is 2. The molecule has 2 heterocycles. The third kappa shape index (κ3) is 1.99. The fourth-order valence-electron chi connectivity index (χ4n) is 2.66. The van der Waals surface area contributed by atoms with Crippen LogP contribution >= 0.6 is 0 Å². The van der Waals surface area contributed by atoms with Crippen LogP contribution in [0.4, 0.5) is 0 Å². The van der Waals surface area contributed by atoms with Gasteiger partial charge in [-0.25, -0.2) is 0 Å². The van der Waals surface area contributed by atoms with Gasteiger partial charge in [0.25, 0.3) is 0 Å². The first kappa shape index (κ1) is 11.9. The second-order valence-corrected chi connectivity index (χ2v) is 4.90. The molecule has 0 spiro atoms. The minimum Gasteiger partial charge on any atom is -0.354 e. The van der Waals surface area contributed by atoms with Crippen LogP contribution in [0, 0.1) is 0 Å². The summed E-state index contributed by atoms with van der Waals surface area (Å²) in [6.07, 6.45) is 1.69. The van der Waals surface area contributed by atoms with E-state index in [2.05, 4.69) is 39.4 Å². The van der Waals surface area contributed by atoms with Crippen molar-refractivity contribution in [2.45, 2.75) is 0 Å². The van der Waals surface area contributed by atoms with Crippen molar-refractivity contribution in [3.8, 4) is 22.5 Å². The summed E-state index contributed by atoms with van der Waals surface area (Å²) in [4.78, 5) is 3.51. The van der Waals surface area contributed by atoms with Crippen LogP contribution in [-0.4, -0.2) is 15.2 Å². The van der Waals surface area contributed by atoms with Gasteiger partial charge < -0.3 is 4.98 Å². The molecule has 4 rings (SSSR count). The molecule has 0 saturated heterocycles. The van der Waals surface area contributed by atoms with E-state index in [-0.39, 0.29) is 0 Å². The molecule has 21 heavy (non-hydrogen) atoms. The zero-order valence-corrected chi connectivity index (χ0v) is 11.3. The van der Waals surface area contributed by atoms with Crippen molar-refractivity contribution in [2.75, 3.05) is 0 Å². The monoisotopic (exact) mass is 271 g/mol. The Bertz CT molecular complexity index is 880. The molecule has 0 fully saturated rings. The fourth-order valence-corrected chi connectivity index (χ4v) is 2.66. The molecule has 2 aromatic carbocycles. The van der Waals surface area contributed by atoms with Crippen LogP contribution in [0.15, 0.2) is 72.9 Å². The zero-order valence-electron chi connectivity index (χ0n) is 11.3. The Balaban J connectivity index is 2.07. The molecule has 0 saturated carbocycles. The van der Waals surface area contributed by atoms with Crippen molar-refractivity contribution < 1.29 is 0 Å². The molecule has 3 nitrogen and oxygen atoms in total. The molecular weight excluding hydrogens is 258 g/mol. The molecule has 0 bridgehead atoms. The van der Waals surface area contributed by atoms with Crippen LogP contribution in [0.25, 0.3) is 33.4 Å². The molecule has 0 aliphatic rings. The summed E-state index contributed by atoms with van der Waals surface area (Å²) in [7, 11) is 0. The molecule has 4 aromatic rings. The van der Waals surface area contributed by atoms with E-state index < -0.39 is 0 Å². The standard InChI is InChI=1S/C18H13N3/c1-2-7-13(8-3-1)18-17(16-11-6-12-19-21-16)14-9-4-5-10-15(14)20-18/h1-12,20H. The van der Waals surface area contributed by atoms with E-state index in [0.29, 0.717) is 0 Å². The maximum Gasteiger partial charge on any atom is 0.0957 e. The van der Waals surface area contributed by atoms with E-state index in [1.165, 1.54) is 0 Å². The SMILES string of the molecule is c1ccc(-c2[nH]c3ccccc3c2-c2cccnn2)cc1. The Morgan fingerprint density at radius 3 is 2.38 bits per heavy atom. The molecule has 0 aliphatic heterocycles. The van der Waals surface area contributed by atoms with Crippen LogP contribution in [0.5, 0.6) is 0 Å². The zero-order chi connectivity index (χ0) is 14.1. The maximum atomic E-state index is 4.29. The van der Waals surface area contributed by atoms with Gasteiger partial charge in [0.05, 0.1) is 11.4 Å². The van der Waals surface area contributed by atoms with Crippen molar-refractivity contribution in [1.82, 2.24) is 15.2 Å². The second-order valence-electron chi connectivity index (χ2n) is 4.90. The lowest BCUT2D eigenvalue weighted by atomic mass is 10.0. The van der Waals surface area contributed by atoms with E-state index in [1.54, 1.807) is 6.20 Å². The smallest absolute Gasteiger partial charge is 0.0957 e. The summed E-state index contributed by atoms with van der Waals surface area (Å²) >= 11 is 0. The molecule has 0 unspecified atom stereocenters. The van der Waals surface area contributed by atoms with E-state index in [1.807, 2.05) is 42.5 Å². The Morgan fingerprint density at radius 2 is 1.57 bits per heavy atom. The van der Waals surface area contributed by atoms with Crippen LogP contribution < -0.4 is 0 Å². The number of nitrogens with one attached hydrogen (secondary N) is 1. The molecule has 100 valence electrons. The highest BCUT2D eigenvalue weighted by atomic mass is 15.1. The predicted molar refractivity (Wildman–Crippen MR) is 84.8 cm³/mol. The van der Waals surface area contributed by atoms with Gasteiger partial charge in [-0.2, -0.15) is 10.2 Å². The Labute approximate surface area is 122 Å². The number of para-hydroxylation sites is 1. The lowest BCUT2D eigenvalue weighted by Crippen LogP contribution is -1.87. The van der Waals surface area contributed by atoms with E-state index in [9.17, 15) is 0 Å². The number of H-pyrrole nitrogens is 1. The third-order valence-electron chi connectivity index (χ3n) is 3.60. The summed E-state index contributed by atoms with van der Waals surface area (Å²) in [5.74, 6) is 0. The highest BCUT2D eigenvalue weighted by Crippen LogP contribution is 2.36. The first-order valence-electron chi connectivity index (χ1n) is 6.88. The Morgan fingerprint density at radius 1 is 0.762 bits per heavy atom. The quantitative estimate of drug-likeness (QED) is 0.591. The highest BCUT2D eigenvalue weighted by Gasteiger charge is 2.15. The Kier molecular flexibility index (Phi) is 2.75. The first-order valence-corrected chi connectivity index (χ1v) is 6.88.